The van der Waals surface area contributed by atoms with Gasteiger partial charge >= 0.3 is 0 Å². The van der Waals surface area contributed by atoms with Crippen LogP contribution in [0.4, 0.5) is 0 Å². The van der Waals surface area contributed by atoms with E-state index in [-0.39, 0.29) is 0 Å². The fraction of sp³-hybridized carbons (Fsp3) is 0.643. The highest BCUT2D eigenvalue weighted by atomic mass is 16.5. The molecule has 0 saturated carbocycles. The molecule has 1 aromatic heterocycles. The predicted molar refractivity (Wildman–Crippen MR) is 69.2 cm³/mol. The Kier molecular flexibility index (Phi) is 4.37. The van der Waals surface area contributed by atoms with Crippen molar-refractivity contribution < 1.29 is 4.74 Å². The molecule has 3 heteroatoms. The summed E-state index contributed by atoms with van der Waals surface area (Å²) >= 11 is 0. The molecule has 1 aromatic rings. The molecule has 0 radical (unpaired) electrons. The van der Waals surface area contributed by atoms with Gasteiger partial charge in [-0.2, -0.15) is 0 Å². The lowest BCUT2D eigenvalue weighted by molar-refractivity contribution is 0.246. The maximum Gasteiger partial charge on any atom is 0.217 e. The summed E-state index contributed by atoms with van der Waals surface area (Å²) in [5.41, 5.74) is 1.25. The van der Waals surface area contributed by atoms with E-state index in [9.17, 15) is 0 Å². The topological polar surface area (TPSA) is 25.4 Å². The smallest absolute Gasteiger partial charge is 0.217 e. The monoisotopic (exact) mass is 234 g/mol. The normalized spacial score (nSPS) is 20.7. The van der Waals surface area contributed by atoms with Gasteiger partial charge in [-0.25, -0.2) is 4.98 Å². The van der Waals surface area contributed by atoms with Crippen LogP contribution >= 0.6 is 0 Å². The molecule has 1 fully saturated rings. The molecule has 2 heterocycles. The van der Waals surface area contributed by atoms with E-state index < -0.39 is 0 Å². The predicted octanol–water partition coefficient (Wildman–Crippen LogP) is 3.03. The Morgan fingerprint density at radius 1 is 1.53 bits per heavy atom. The van der Waals surface area contributed by atoms with Crippen LogP contribution in [0.25, 0.3) is 0 Å². The first-order chi connectivity index (χ1) is 8.36. The van der Waals surface area contributed by atoms with Gasteiger partial charge in [0.1, 0.15) is 0 Å². The van der Waals surface area contributed by atoms with Gasteiger partial charge in [0, 0.05) is 17.8 Å². The fourth-order valence-electron chi connectivity index (χ4n) is 2.63. The Labute approximate surface area is 104 Å². The van der Waals surface area contributed by atoms with Crippen molar-refractivity contribution in [2.45, 2.75) is 38.6 Å². The summed E-state index contributed by atoms with van der Waals surface area (Å²) in [4.78, 5) is 6.88. The van der Waals surface area contributed by atoms with E-state index in [4.69, 9.17) is 4.74 Å². The Morgan fingerprint density at radius 2 is 2.41 bits per heavy atom. The van der Waals surface area contributed by atoms with Gasteiger partial charge in [0.2, 0.25) is 5.88 Å². The number of pyridine rings is 1. The zero-order valence-corrected chi connectivity index (χ0v) is 10.9. The van der Waals surface area contributed by atoms with E-state index in [0.717, 1.165) is 5.88 Å². The van der Waals surface area contributed by atoms with Crippen molar-refractivity contribution in [2.24, 2.45) is 0 Å². The van der Waals surface area contributed by atoms with E-state index >= 15 is 0 Å². The van der Waals surface area contributed by atoms with Crippen LogP contribution in [-0.4, -0.2) is 30.1 Å². The second kappa shape index (κ2) is 6.01. The second-order valence-corrected chi connectivity index (χ2v) is 4.65. The summed E-state index contributed by atoms with van der Waals surface area (Å²) in [5, 5.41) is 0. The quantitative estimate of drug-likeness (QED) is 0.783. The van der Waals surface area contributed by atoms with Gasteiger partial charge in [-0.15, -0.1) is 0 Å². The number of ether oxygens (including phenoxy) is 1. The molecule has 2 rings (SSSR count). The third-order valence-electron chi connectivity index (χ3n) is 3.52. The van der Waals surface area contributed by atoms with E-state index in [1.54, 1.807) is 13.3 Å². The maximum absolute atomic E-state index is 5.37. The lowest BCUT2D eigenvalue weighted by Gasteiger charge is -2.25. The molecule has 1 aliphatic rings. The number of rotatable bonds is 5. The lowest BCUT2D eigenvalue weighted by Crippen LogP contribution is -2.24. The number of hydrogen-bond acceptors (Lipinski definition) is 3. The highest BCUT2D eigenvalue weighted by Crippen LogP contribution is 2.35. The van der Waals surface area contributed by atoms with Crippen LogP contribution in [0.2, 0.25) is 0 Å². The zero-order valence-electron chi connectivity index (χ0n) is 10.9. The molecule has 0 N–H and O–H groups in total. The van der Waals surface area contributed by atoms with Gasteiger partial charge in [0.15, 0.2) is 0 Å². The highest BCUT2D eigenvalue weighted by Gasteiger charge is 2.27. The molecular weight excluding hydrogens is 212 g/mol. The average Bonchev–Trinajstić information content (AvgIpc) is 2.84. The molecule has 94 valence electrons. The highest BCUT2D eigenvalue weighted by molar-refractivity contribution is 5.29. The van der Waals surface area contributed by atoms with Crippen molar-refractivity contribution in [3.05, 3.63) is 23.9 Å². The number of likely N-dealkylation sites (tertiary alicyclic amines) is 1. The first-order valence-electron chi connectivity index (χ1n) is 6.59. The van der Waals surface area contributed by atoms with Crippen LogP contribution in [-0.2, 0) is 0 Å². The van der Waals surface area contributed by atoms with Gasteiger partial charge in [-0.3, -0.25) is 4.90 Å². The Morgan fingerprint density at radius 3 is 3.18 bits per heavy atom. The largest absolute Gasteiger partial charge is 0.481 e. The third-order valence-corrected chi connectivity index (χ3v) is 3.52. The number of nitrogens with zero attached hydrogens (tertiary/aromatic N) is 2. The first kappa shape index (κ1) is 12.4. The molecule has 0 spiro atoms. The average molecular weight is 234 g/mol. The fourth-order valence-corrected chi connectivity index (χ4v) is 2.63. The van der Waals surface area contributed by atoms with Gasteiger partial charge in [-0.1, -0.05) is 19.4 Å². The van der Waals surface area contributed by atoms with Crippen LogP contribution in [0, 0.1) is 0 Å². The summed E-state index contributed by atoms with van der Waals surface area (Å²) in [6, 6.07) is 4.67. The zero-order chi connectivity index (χ0) is 12.1. The summed E-state index contributed by atoms with van der Waals surface area (Å²) in [6.07, 6.45) is 6.85. The van der Waals surface area contributed by atoms with Crippen molar-refractivity contribution in [3.63, 3.8) is 0 Å². The summed E-state index contributed by atoms with van der Waals surface area (Å²) in [5.74, 6) is 0.792. The molecule has 0 bridgehead atoms. The van der Waals surface area contributed by atoms with Crippen molar-refractivity contribution in [1.29, 1.82) is 0 Å². The molecular formula is C14H22N2O. The standard InChI is InChI=1S/C14H22N2O/c1-3-4-10-16-11-6-8-13(16)12-7-5-9-15-14(12)17-2/h5,7,9,13H,3-4,6,8,10-11H2,1-2H3. The van der Waals surface area contributed by atoms with Crippen LogP contribution in [0.5, 0.6) is 5.88 Å². The number of aromatic nitrogens is 1. The third kappa shape index (κ3) is 2.78. The summed E-state index contributed by atoms with van der Waals surface area (Å²) < 4.78 is 5.37. The van der Waals surface area contributed by atoms with Gasteiger partial charge in [0.25, 0.3) is 0 Å². The van der Waals surface area contributed by atoms with Crippen molar-refractivity contribution >= 4 is 0 Å². The van der Waals surface area contributed by atoms with Crippen LogP contribution < -0.4 is 4.74 Å². The van der Waals surface area contributed by atoms with Crippen LogP contribution in [0.3, 0.4) is 0 Å². The summed E-state index contributed by atoms with van der Waals surface area (Å²) in [6.45, 7) is 4.65. The molecule has 1 atom stereocenters. The number of unbranched alkanes of at least 4 members (excludes halogenated alkanes) is 1. The Bertz CT molecular complexity index is 354. The minimum absolute atomic E-state index is 0.505. The van der Waals surface area contributed by atoms with Crippen LogP contribution in [0.1, 0.15) is 44.2 Å². The second-order valence-electron chi connectivity index (χ2n) is 4.65. The lowest BCUT2D eigenvalue weighted by atomic mass is 10.1. The van der Waals surface area contributed by atoms with Gasteiger partial charge < -0.3 is 4.74 Å². The van der Waals surface area contributed by atoms with Gasteiger partial charge in [-0.05, 0) is 38.4 Å². The van der Waals surface area contributed by atoms with Gasteiger partial charge in [0.05, 0.1) is 7.11 Å². The molecule has 17 heavy (non-hydrogen) atoms. The van der Waals surface area contributed by atoms with Crippen molar-refractivity contribution in [3.8, 4) is 5.88 Å². The molecule has 3 nitrogen and oxygen atoms in total. The molecule has 0 aliphatic carbocycles. The van der Waals surface area contributed by atoms with Crippen molar-refractivity contribution in [2.75, 3.05) is 20.2 Å². The SMILES string of the molecule is CCCCN1CCCC1c1cccnc1OC. The minimum atomic E-state index is 0.505. The number of hydrogen-bond donors (Lipinski definition) is 0. The Hall–Kier alpha value is -1.09. The van der Waals surface area contributed by atoms with E-state index in [1.165, 1.54) is 44.3 Å². The molecule has 1 saturated heterocycles. The minimum Gasteiger partial charge on any atom is -0.481 e. The van der Waals surface area contributed by atoms with E-state index in [1.807, 2.05) is 6.07 Å². The molecule has 1 aliphatic heterocycles. The first-order valence-corrected chi connectivity index (χ1v) is 6.59. The van der Waals surface area contributed by atoms with E-state index in [2.05, 4.69) is 22.9 Å². The van der Waals surface area contributed by atoms with Crippen LogP contribution in [0.15, 0.2) is 18.3 Å². The molecule has 0 aromatic carbocycles. The summed E-state index contributed by atoms with van der Waals surface area (Å²) in [7, 11) is 1.71. The molecule has 1 unspecified atom stereocenters. The molecule has 0 amide bonds. The van der Waals surface area contributed by atoms with Crippen molar-refractivity contribution in [1.82, 2.24) is 9.88 Å². The number of methoxy groups -OCH3 is 1. The van der Waals surface area contributed by atoms with E-state index in [0.29, 0.717) is 6.04 Å². The maximum atomic E-state index is 5.37. The Balaban J connectivity index is 2.14.